The number of hydrogen-bond acceptors (Lipinski definition) is 5. The fourth-order valence-corrected chi connectivity index (χ4v) is 3.68. The van der Waals surface area contributed by atoms with Crippen LogP contribution in [0.1, 0.15) is 41.5 Å². The molecule has 0 aliphatic carbocycles. The quantitative estimate of drug-likeness (QED) is 0.779. The first-order valence-electron chi connectivity index (χ1n) is 8.42. The molecule has 9 heteroatoms. The number of benzene rings is 1. The zero-order chi connectivity index (χ0) is 17.8. The molecule has 1 aliphatic heterocycles. The minimum atomic E-state index is -0.190. The molecule has 1 fully saturated rings. The highest BCUT2D eigenvalue weighted by Crippen LogP contribution is 2.26. The summed E-state index contributed by atoms with van der Waals surface area (Å²) in [6.07, 6.45) is 0.997. The van der Waals surface area contributed by atoms with E-state index < -0.39 is 0 Å². The summed E-state index contributed by atoms with van der Waals surface area (Å²) in [5, 5.41) is 8.14. The second-order valence-electron chi connectivity index (χ2n) is 6.03. The van der Waals surface area contributed by atoms with Gasteiger partial charge in [-0.1, -0.05) is 31.2 Å². The van der Waals surface area contributed by atoms with Crippen molar-refractivity contribution in [1.82, 2.24) is 15.2 Å². The topological polar surface area (TPSA) is 74.3 Å². The minimum absolute atomic E-state index is 0. The van der Waals surface area contributed by atoms with Gasteiger partial charge in [0.15, 0.2) is 5.13 Å². The van der Waals surface area contributed by atoms with Gasteiger partial charge in [-0.2, -0.15) is 0 Å². The number of halogens is 2. The van der Waals surface area contributed by atoms with E-state index in [2.05, 4.69) is 46.8 Å². The number of aromatic nitrogens is 1. The zero-order valence-corrected chi connectivity index (χ0v) is 17.7. The lowest BCUT2D eigenvalue weighted by molar-refractivity contribution is -0.114. The van der Waals surface area contributed by atoms with E-state index in [0.717, 1.165) is 25.1 Å². The maximum Gasteiger partial charge on any atom is 0.274 e. The Hall–Kier alpha value is -1.67. The Balaban J connectivity index is 0.00000182. The Morgan fingerprint density at radius 3 is 2.63 bits per heavy atom. The van der Waals surface area contributed by atoms with Crippen LogP contribution in [0.3, 0.4) is 0 Å². The lowest BCUT2D eigenvalue weighted by Gasteiger charge is -2.36. The van der Waals surface area contributed by atoms with Crippen molar-refractivity contribution in [3.8, 4) is 0 Å². The fourth-order valence-electron chi connectivity index (χ4n) is 2.95. The number of nitrogens with one attached hydrogen (secondary N) is 2. The molecule has 2 N–H and O–H groups in total. The average molecular weight is 431 g/mol. The van der Waals surface area contributed by atoms with Crippen molar-refractivity contribution < 1.29 is 9.59 Å². The van der Waals surface area contributed by atoms with Gasteiger partial charge in [0.25, 0.3) is 5.91 Å². The molecule has 2 aromatic rings. The number of anilines is 1. The monoisotopic (exact) mass is 430 g/mol. The summed E-state index contributed by atoms with van der Waals surface area (Å²) in [5.74, 6) is -0.289. The van der Waals surface area contributed by atoms with Crippen molar-refractivity contribution in [2.45, 2.75) is 26.3 Å². The molecule has 1 saturated heterocycles. The van der Waals surface area contributed by atoms with Crippen LogP contribution in [-0.4, -0.2) is 41.3 Å². The number of hydrogen-bond donors (Lipinski definition) is 2. The number of carbonyl (C=O) groups is 2. The van der Waals surface area contributed by atoms with Crippen LogP contribution in [0.4, 0.5) is 5.13 Å². The van der Waals surface area contributed by atoms with Crippen molar-refractivity contribution in [1.29, 1.82) is 0 Å². The molecule has 2 amide bonds. The van der Waals surface area contributed by atoms with E-state index in [1.165, 1.54) is 23.8 Å². The molecule has 148 valence electrons. The van der Waals surface area contributed by atoms with Crippen molar-refractivity contribution in [3.05, 3.63) is 46.5 Å². The maximum atomic E-state index is 12.9. The van der Waals surface area contributed by atoms with E-state index in [1.807, 2.05) is 4.90 Å². The number of carbonyl (C=O) groups excluding carboxylic acids is 2. The predicted octanol–water partition coefficient (Wildman–Crippen LogP) is 3.29. The number of thiazole rings is 1. The van der Waals surface area contributed by atoms with E-state index in [0.29, 0.717) is 17.4 Å². The molecule has 6 nitrogen and oxygen atoms in total. The lowest BCUT2D eigenvalue weighted by Crippen LogP contribution is -2.48. The highest BCUT2D eigenvalue weighted by atomic mass is 35.5. The summed E-state index contributed by atoms with van der Waals surface area (Å²) in [7, 11) is 0. The first-order valence-corrected chi connectivity index (χ1v) is 9.30. The van der Waals surface area contributed by atoms with Crippen LogP contribution >= 0.6 is 36.2 Å². The number of amides is 2. The van der Waals surface area contributed by atoms with E-state index in [-0.39, 0.29) is 42.7 Å². The molecular formula is C18H24Cl2N4O2S. The Kier molecular flexibility index (Phi) is 9.18. The first kappa shape index (κ1) is 23.4. The molecule has 1 unspecified atom stereocenters. The second kappa shape index (κ2) is 10.6. The third-order valence-electron chi connectivity index (χ3n) is 4.28. The van der Waals surface area contributed by atoms with Crippen LogP contribution in [-0.2, 0) is 11.2 Å². The minimum Gasteiger partial charge on any atom is -0.328 e. The summed E-state index contributed by atoms with van der Waals surface area (Å²) in [5.41, 5.74) is 2.78. The summed E-state index contributed by atoms with van der Waals surface area (Å²) in [6.45, 7) is 5.67. The Bertz CT molecular complexity index is 767. The molecule has 27 heavy (non-hydrogen) atoms. The molecule has 0 bridgehead atoms. The van der Waals surface area contributed by atoms with Crippen LogP contribution in [0.2, 0.25) is 0 Å². The Morgan fingerprint density at radius 2 is 2.00 bits per heavy atom. The third kappa shape index (κ3) is 5.65. The summed E-state index contributed by atoms with van der Waals surface area (Å²) >= 11 is 1.27. The molecule has 0 radical (unpaired) electrons. The van der Waals surface area contributed by atoms with Crippen molar-refractivity contribution in [3.63, 3.8) is 0 Å². The molecule has 0 saturated carbocycles. The van der Waals surface area contributed by atoms with E-state index >= 15 is 0 Å². The molecule has 1 atom stereocenters. The fraction of sp³-hybridized carbons (Fsp3) is 0.389. The van der Waals surface area contributed by atoms with Gasteiger partial charge in [0.1, 0.15) is 5.69 Å². The number of aryl methyl sites for hydroxylation is 1. The van der Waals surface area contributed by atoms with Crippen molar-refractivity contribution in [2.24, 2.45) is 0 Å². The maximum absolute atomic E-state index is 12.9. The van der Waals surface area contributed by atoms with Gasteiger partial charge in [0.2, 0.25) is 5.91 Å². The standard InChI is InChI=1S/C18H22N4O2S.2ClH/c1-3-13-4-6-14(7-5-13)16-10-19-8-9-22(16)17(24)15-11-25-18(21-15)20-12(2)23;;/h4-7,11,16,19H,3,8-10H2,1-2H3,(H,20,21,23);2*1H. The van der Waals surface area contributed by atoms with Gasteiger partial charge < -0.3 is 15.5 Å². The normalized spacial score (nSPS) is 16.1. The molecule has 3 rings (SSSR count). The third-order valence-corrected chi connectivity index (χ3v) is 5.04. The molecule has 0 spiro atoms. The second-order valence-corrected chi connectivity index (χ2v) is 6.89. The van der Waals surface area contributed by atoms with Gasteiger partial charge in [0, 0.05) is 31.9 Å². The Morgan fingerprint density at radius 1 is 1.30 bits per heavy atom. The number of rotatable bonds is 4. The molecule has 1 aliphatic rings. The van der Waals surface area contributed by atoms with Crippen LogP contribution in [0.15, 0.2) is 29.6 Å². The smallest absolute Gasteiger partial charge is 0.274 e. The van der Waals surface area contributed by atoms with Crippen LogP contribution < -0.4 is 10.6 Å². The summed E-state index contributed by atoms with van der Waals surface area (Å²) < 4.78 is 0. The van der Waals surface area contributed by atoms with Gasteiger partial charge in [-0.3, -0.25) is 9.59 Å². The lowest BCUT2D eigenvalue weighted by atomic mass is 10.0. The first-order chi connectivity index (χ1) is 12.1. The van der Waals surface area contributed by atoms with Gasteiger partial charge in [-0.05, 0) is 17.5 Å². The van der Waals surface area contributed by atoms with E-state index in [4.69, 9.17) is 0 Å². The van der Waals surface area contributed by atoms with E-state index in [9.17, 15) is 9.59 Å². The SMILES string of the molecule is CCc1ccc(C2CNCCN2C(=O)c2csc(NC(C)=O)n2)cc1.Cl.Cl. The number of piperazine rings is 1. The summed E-state index contributed by atoms with van der Waals surface area (Å²) in [6, 6.07) is 8.41. The van der Waals surface area contributed by atoms with Crippen molar-refractivity contribution in [2.75, 3.05) is 25.0 Å². The molecule has 1 aromatic heterocycles. The molecule has 1 aromatic carbocycles. The highest BCUT2D eigenvalue weighted by Gasteiger charge is 2.29. The predicted molar refractivity (Wildman–Crippen MR) is 113 cm³/mol. The number of nitrogens with zero attached hydrogens (tertiary/aromatic N) is 2. The highest BCUT2D eigenvalue weighted by molar-refractivity contribution is 7.14. The van der Waals surface area contributed by atoms with E-state index in [1.54, 1.807) is 5.38 Å². The largest absolute Gasteiger partial charge is 0.328 e. The average Bonchev–Trinajstić information content (AvgIpc) is 3.09. The summed E-state index contributed by atoms with van der Waals surface area (Å²) in [4.78, 5) is 30.2. The Labute approximate surface area is 175 Å². The zero-order valence-electron chi connectivity index (χ0n) is 15.2. The van der Waals surface area contributed by atoms with Gasteiger partial charge >= 0.3 is 0 Å². The molecular weight excluding hydrogens is 407 g/mol. The van der Waals surface area contributed by atoms with Gasteiger partial charge in [-0.25, -0.2) is 4.98 Å². The van der Waals surface area contributed by atoms with Gasteiger partial charge in [0.05, 0.1) is 6.04 Å². The van der Waals surface area contributed by atoms with Crippen molar-refractivity contribution >= 4 is 53.1 Å². The van der Waals surface area contributed by atoms with Crippen LogP contribution in [0.25, 0.3) is 0 Å². The molecule has 2 heterocycles. The van der Waals surface area contributed by atoms with Gasteiger partial charge in [-0.15, -0.1) is 36.2 Å². The van der Waals surface area contributed by atoms with Crippen LogP contribution in [0, 0.1) is 0 Å². The van der Waals surface area contributed by atoms with Crippen LogP contribution in [0.5, 0.6) is 0 Å².